The molecule has 1 aromatic heterocycles. The smallest absolute Gasteiger partial charge is 0.268 e. The normalized spacial score (nSPS) is 11.9. The molecule has 0 bridgehead atoms. The van der Waals surface area contributed by atoms with Crippen LogP contribution in [0.2, 0.25) is 0 Å². The predicted octanol–water partition coefficient (Wildman–Crippen LogP) is 2.69. The van der Waals surface area contributed by atoms with Crippen LogP contribution in [0.5, 0.6) is 11.8 Å². The Morgan fingerprint density at radius 1 is 1.25 bits per heavy atom. The second-order valence-corrected chi connectivity index (χ2v) is 8.72. The Morgan fingerprint density at radius 2 is 1.69 bits per heavy atom. The van der Waals surface area contributed by atoms with Crippen LogP contribution in [0.15, 0.2) is 12.1 Å². The molecule has 1 heterocycles. The number of hydrogen-bond donors (Lipinski definition) is 2. The molecule has 8 heteroatoms. The highest BCUT2D eigenvalue weighted by atomic mass is 32.9. The molecule has 0 atom stereocenters. The number of rotatable bonds is 6. The summed E-state index contributed by atoms with van der Waals surface area (Å²) in [5, 5.41) is 18.9. The molecule has 1 rings (SSSR count). The molecule has 0 fully saturated rings. The van der Waals surface area contributed by atoms with Gasteiger partial charge in [0, 0.05) is 12.1 Å². The molecule has 2 N–H and O–H groups in total. The van der Waals surface area contributed by atoms with Crippen LogP contribution >= 0.6 is 17.3 Å². The van der Waals surface area contributed by atoms with Gasteiger partial charge < -0.3 is 19.3 Å². The summed E-state index contributed by atoms with van der Waals surface area (Å²) in [7, 11) is 0. The SMILES string of the molecule is CCOP(=S)(OCC)Sn1c(O)ccc1O. The first-order chi connectivity index (χ1) is 7.52. The Hall–Kier alpha value is -0.200. The molecule has 1 aromatic rings. The average Bonchev–Trinajstić information content (AvgIpc) is 2.50. The molecule has 0 aromatic carbocycles. The van der Waals surface area contributed by atoms with Crippen LogP contribution in [0, 0.1) is 0 Å². The summed E-state index contributed by atoms with van der Waals surface area (Å²) in [4.78, 5) is 0. The van der Waals surface area contributed by atoms with E-state index >= 15 is 0 Å². The summed E-state index contributed by atoms with van der Waals surface area (Å²) in [5.74, 6) is -0.174. The van der Waals surface area contributed by atoms with Gasteiger partial charge in [0.2, 0.25) is 11.8 Å². The van der Waals surface area contributed by atoms with Crippen LogP contribution in [-0.4, -0.2) is 27.4 Å². The summed E-state index contributed by atoms with van der Waals surface area (Å²) in [6, 6.07) is 2.75. The Morgan fingerprint density at radius 3 is 2.06 bits per heavy atom. The van der Waals surface area contributed by atoms with Gasteiger partial charge in [-0.1, -0.05) is 0 Å². The lowest BCUT2D eigenvalue weighted by Gasteiger charge is -2.20. The van der Waals surface area contributed by atoms with Crippen molar-refractivity contribution in [1.29, 1.82) is 0 Å². The zero-order chi connectivity index (χ0) is 12.2. The quantitative estimate of drug-likeness (QED) is 0.783. The lowest BCUT2D eigenvalue weighted by atomic mass is 10.6. The van der Waals surface area contributed by atoms with Gasteiger partial charge in [0.25, 0.3) is 5.69 Å². The lowest BCUT2D eigenvalue weighted by molar-refractivity contribution is 0.280. The van der Waals surface area contributed by atoms with Crippen LogP contribution in [0.25, 0.3) is 0 Å². The highest BCUT2D eigenvalue weighted by Crippen LogP contribution is 2.62. The minimum absolute atomic E-state index is 0.0869. The molecule has 0 unspecified atom stereocenters. The molecule has 16 heavy (non-hydrogen) atoms. The van der Waals surface area contributed by atoms with Gasteiger partial charge in [-0.05, 0) is 25.7 Å². The molecular formula is C8H14NO4PS2. The Kier molecular flexibility index (Phi) is 5.14. The van der Waals surface area contributed by atoms with Crippen LogP contribution in [-0.2, 0) is 20.9 Å². The van der Waals surface area contributed by atoms with E-state index < -0.39 is 5.69 Å². The maximum atomic E-state index is 9.47. The number of aromatic hydroxyl groups is 2. The van der Waals surface area contributed by atoms with Gasteiger partial charge in [-0.15, -0.1) is 0 Å². The molecule has 92 valence electrons. The van der Waals surface area contributed by atoms with Crippen LogP contribution in [0.1, 0.15) is 13.8 Å². The Labute approximate surface area is 103 Å². The van der Waals surface area contributed by atoms with E-state index in [0.29, 0.717) is 13.2 Å². The summed E-state index contributed by atoms with van der Waals surface area (Å²) >= 11 is 6.25. The van der Waals surface area contributed by atoms with E-state index in [-0.39, 0.29) is 11.8 Å². The van der Waals surface area contributed by atoms with Gasteiger partial charge in [0.15, 0.2) is 0 Å². The molecule has 0 saturated carbocycles. The fraction of sp³-hybridized carbons (Fsp3) is 0.500. The maximum absolute atomic E-state index is 9.47. The number of aromatic nitrogens is 1. The fourth-order valence-corrected chi connectivity index (χ4v) is 5.53. The van der Waals surface area contributed by atoms with Crippen molar-refractivity contribution in [3.63, 3.8) is 0 Å². The van der Waals surface area contributed by atoms with E-state index in [0.717, 1.165) is 11.6 Å². The maximum Gasteiger partial charge on any atom is 0.268 e. The fourth-order valence-electron chi connectivity index (χ4n) is 0.986. The van der Waals surface area contributed by atoms with Gasteiger partial charge in [-0.25, -0.2) is 3.97 Å². The van der Waals surface area contributed by atoms with Gasteiger partial charge in [-0.3, -0.25) is 0 Å². The van der Waals surface area contributed by atoms with Crippen molar-refractivity contribution in [2.75, 3.05) is 13.2 Å². The highest BCUT2D eigenvalue weighted by Gasteiger charge is 2.23. The van der Waals surface area contributed by atoms with E-state index in [9.17, 15) is 10.2 Å². The van der Waals surface area contributed by atoms with E-state index in [2.05, 4.69) is 0 Å². The van der Waals surface area contributed by atoms with Crippen molar-refractivity contribution in [3.8, 4) is 11.8 Å². The first kappa shape index (κ1) is 13.9. The van der Waals surface area contributed by atoms with E-state index in [1.807, 2.05) is 13.8 Å². The van der Waals surface area contributed by atoms with Crippen molar-refractivity contribution in [3.05, 3.63) is 12.1 Å². The first-order valence-electron chi connectivity index (χ1n) is 4.71. The van der Waals surface area contributed by atoms with Crippen LogP contribution in [0.3, 0.4) is 0 Å². The third kappa shape index (κ3) is 3.40. The largest absolute Gasteiger partial charge is 0.494 e. The third-order valence-corrected chi connectivity index (χ3v) is 6.39. The first-order valence-corrected chi connectivity index (χ1v) is 8.73. The zero-order valence-electron chi connectivity index (χ0n) is 8.99. The lowest BCUT2D eigenvalue weighted by Crippen LogP contribution is -1.95. The van der Waals surface area contributed by atoms with Crippen molar-refractivity contribution >= 4 is 29.1 Å². The average molecular weight is 283 g/mol. The van der Waals surface area contributed by atoms with Crippen molar-refractivity contribution in [2.45, 2.75) is 13.8 Å². The van der Waals surface area contributed by atoms with Crippen LogP contribution < -0.4 is 0 Å². The van der Waals surface area contributed by atoms with E-state index in [1.54, 1.807) is 0 Å². The topological polar surface area (TPSA) is 63.9 Å². The van der Waals surface area contributed by atoms with E-state index in [1.165, 1.54) is 16.1 Å². The molecule has 0 amide bonds. The molecule has 0 saturated heterocycles. The second kappa shape index (κ2) is 5.93. The Balaban J connectivity index is 2.87. The van der Waals surface area contributed by atoms with E-state index in [4.69, 9.17) is 20.9 Å². The molecule has 0 radical (unpaired) electrons. The van der Waals surface area contributed by atoms with Crippen molar-refractivity contribution < 1.29 is 19.3 Å². The molecule has 0 aliphatic heterocycles. The zero-order valence-corrected chi connectivity index (χ0v) is 11.5. The monoisotopic (exact) mass is 283 g/mol. The summed E-state index contributed by atoms with van der Waals surface area (Å²) in [6.45, 7) is 4.48. The summed E-state index contributed by atoms with van der Waals surface area (Å²) in [5.41, 5.74) is -2.57. The molecule has 5 nitrogen and oxygen atoms in total. The second-order valence-electron chi connectivity index (χ2n) is 2.71. The predicted molar refractivity (Wildman–Crippen MR) is 68.3 cm³/mol. The van der Waals surface area contributed by atoms with Gasteiger partial charge in [-0.2, -0.15) is 0 Å². The third-order valence-electron chi connectivity index (χ3n) is 1.55. The van der Waals surface area contributed by atoms with Gasteiger partial charge >= 0.3 is 0 Å². The molecule has 0 aliphatic rings. The van der Waals surface area contributed by atoms with Crippen LogP contribution in [0.4, 0.5) is 0 Å². The standard InChI is InChI=1S/C8H14NO4PS2/c1-3-12-14(15,13-4-2)16-9-7(10)5-6-8(9)11/h5-6,10-11H,3-4H2,1-2H3. The van der Waals surface area contributed by atoms with Gasteiger partial charge in [0.05, 0.1) is 24.8 Å². The minimum Gasteiger partial charge on any atom is -0.494 e. The minimum atomic E-state index is -2.57. The summed E-state index contributed by atoms with van der Waals surface area (Å²) < 4.78 is 12.0. The molecule has 0 spiro atoms. The number of nitrogens with zero attached hydrogens (tertiary/aromatic N) is 1. The Bertz CT molecular complexity index is 366. The molecular weight excluding hydrogens is 269 g/mol. The molecule has 0 aliphatic carbocycles. The van der Waals surface area contributed by atoms with Crippen molar-refractivity contribution in [2.24, 2.45) is 0 Å². The van der Waals surface area contributed by atoms with Gasteiger partial charge in [0.1, 0.15) is 0 Å². The highest BCUT2D eigenvalue weighted by molar-refractivity contribution is 8.67. The summed E-state index contributed by atoms with van der Waals surface area (Å²) in [6.07, 6.45) is 0. The number of hydrogen-bond acceptors (Lipinski definition) is 6. The van der Waals surface area contributed by atoms with Crippen molar-refractivity contribution in [1.82, 2.24) is 3.97 Å².